The Morgan fingerprint density at radius 1 is 1.29 bits per heavy atom. The van der Waals surface area contributed by atoms with Gasteiger partial charge in [0.05, 0.1) is 12.6 Å². The van der Waals surface area contributed by atoms with Crippen molar-refractivity contribution in [3.63, 3.8) is 0 Å². The van der Waals surface area contributed by atoms with Crippen molar-refractivity contribution < 1.29 is 14.0 Å². The van der Waals surface area contributed by atoms with E-state index in [1.54, 1.807) is 0 Å². The van der Waals surface area contributed by atoms with Crippen molar-refractivity contribution in [3.8, 4) is 0 Å². The van der Waals surface area contributed by atoms with Crippen LogP contribution >= 0.6 is 0 Å². The van der Waals surface area contributed by atoms with Gasteiger partial charge in [-0.2, -0.15) is 0 Å². The zero-order valence-electron chi connectivity index (χ0n) is 14.9. The van der Waals surface area contributed by atoms with Crippen molar-refractivity contribution in [1.82, 2.24) is 10.6 Å². The van der Waals surface area contributed by atoms with Crippen molar-refractivity contribution in [2.75, 3.05) is 6.54 Å². The van der Waals surface area contributed by atoms with Crippen LogP contribution in [0.5, 0.6) is 0 Å². The predicted octanol–water partition coefficient (Wildman–Crippen LogP) is 3.02. The van der Waals surface area contributed by atoms with Gasteiger partial charge < -0.3 is 15.1 Å². The van der Waals surface area contributed by atoms with Crippen LogP contribution in [0.3, 0.4) is 0 Å². The molecule has 2 aliphatic rings. The fourth-order valence-corrected chi connectivity index (χ4v) is 4.06. The van der Waals surface area contributed by atoms with Gasteiger partial charge in [-0.15, -0.1) is 0 Å². The fraction of sp³-hybridized carbons (Fsp3) is 0.684. The van der Waals surface area contributed by atoms with Crippen LogP contribution in [0.1, 0.15) is 69.1 Å². The van der Waals surface area contributed by atoms with E-state index in [0.29, 0.717) is 0 Å². The Hall–Kier alpha value is -1.78. The van der Waals surface area contributed by atoms with E-state index in [4.69, 9.17) is 4.42 Å². The van der Waals surface area contributed by atoms with E-state index in [-0.39, 0.29) is 35.7 Å². The molecule has 0 spiro atoms. The van der Waals surface area contributed by atoms with E-state index in [9.17, 15) is 9.59 Å². The van der Waals surface area contributed by atoms with E-state index >= 15 is 0 Å². The van der Waals surface area contributed by atoms with E-state index in [1.165, 1.54) is 0 Å². The Morgan fingerprint density at radius 2 is 2.00 bits per heavy atom. The van der Waals surface area contributed by atoms with Crippen LogP contribution in [0, 0.1) is 18.3 Å². The summed E-state index contributed by atoms with van der Waals surface area (Å²) in [4.78, 5) is 24.3. The highest BCUT2D eigenvalue weighted by Crippen LogP contribution is 2.41. The quantitative estimate of drug-likeness (QED) is 0.890. The Bertz CT molecular complexity index is 627. The van der Waals surface area contributed by atoms with Gasteiger partial charge in [0.15, 0.2) is 0 Å². The maximum atomic E-state index is 12.3. The van der Waals surface area contributed by atoms with Gasteiger partial charge in [-0.1, -0.05) is 26.7 Å². The van der Waals surface area contributed by atoms with Gasteiger partial charge in [-0.05, 0) is 37.7 Å². The van der Waals surface area contributed by atoms with Crippen LogP contribution in [0.15, 0.2) is 10.5 Å². The summed E-state index contributed by atoms with van der Waals surface area (Å²) in [6.45, 7) is 6.37. The lowest BCUT2D eigenvalue weighted by atomic mass is 9.74. The molecule has 1 aromatic rings. The molecule has 1 heterocycles. The minimum atomic E-state index is -0.131. The molecular formula is C19H28N2O3. The molecule has 2 aliphatic carbocycles. The Kier molecular flexibility index (Phi) is 4.70. The van der Waals surface area contributed by atoms with Gasteiger partial charge in [-0.3, -0.25) is 9.59 Å². The highest BCUT2D eigenvalue weighted by Gasteiger charge is 2.35. The topological polar surface area (TPSA) is 71.3 Å². The lowest BCUT2D eigenvalue weighted by Crippen LogP contribution is -2.42. The van der Waals surface area contributed by atoms with Crippen molar-refractivity contribution in [2.45, 2.75) is 65.3 Å². The number of hydrogen-bond donors (Lipinski definition) is 2. The normalized spacial score (nSPS) is 22.9. The minimum absolute atomic E-state index is 0.0199. The first kappa shape index (κ1) is 17.1. The lowest BCUT2D eigenvalue weighted by Gasteiger charge is -2.34. The smallest absolute Gasteiger partial charge is 0.239 e. The molecule has 0 saturated heterocycles. The average Bonchev–Trinajstić information content (AvgIpc) is 3.12. The first-order valence-corrected chi connectivity index (χ1v) is 9.00. The molecule has 2 amide bonds. The Morgan fingerprint density at radius 3 is 2.71 bits per heavy atom. The monoisotopic (exact) mass is 332 g/mol. The second-order valence-corrected chi connectivity index (χ2v) is 8.10. The van der Waals surface area contributed by atoms with E-state index in [0.717, 1.165) is 55.6 Å². The summed E-state index contributed by atoms with van der Waals surface area (Å²) in [6, 6.07) is 1.98. The first-order valence-electron chi connectivity index (χ1n) is 9.00. The number of rotatable bonds is 4. The van der Waals surface area contributed by atoms with Crippen molar-refractivity contribution in [1.29, 1.82) is 0 Å². The summed E-state index contributed by atoms with van der Waals surface area (Å²) in [5, 5.41) is 5.87. The molecular weight excluding hydrogens is 304 g/mol. The van der Waals surface area contributed by atoms with E-state index in [1.807, 2.05) is 13.0 Å². The largest absolute Gasteiger partial charge is 0.466 e. The number of amides is 2. The molecule has 1 atom stereocenters. The first-order chi connectivity index (χ1) is 11.3. The number of carbonyl (C=O) groups is 2. The zero-order chi connectivity index (χ0) is 17.3. The Balaban J connectivity index is 1.58. The highest BCUT2D eigenvalue weighted by molar-refractivity contribution is 5.86. The molecule has 132 valence electrons. The number of aryl methyl sites for hydroxylation is 1. The molecule has 1 fully saturated rings. The molecule has 2 N–H and O–H groups in total. The van der Waals surface area contributed by atoms with E-state index < -0.39 is 0 Å². The average molecular weight is 332 g/mol. The van der Waals surface area contributed by atoms with Crippen LogP contribution < -0.4 is 10.6 Å². The number of furan rings is 1. The summed E-state index contributed by atoms with van der Waals surface area (Å²) in [7, 11) is 0. The molecule has 1 aromatic heterocycles. The summed E-state index contributed by atoms with van der Waals surface area (Å²) < 4.78 is 5.80. The van der Waals surface area contributed by atoms with Gasteiger partial charge in [0.25, 0.3) is 0 Å². The maximum Gasteiger partial charge on any atom is 0.239 e. The molecule has 5 nitrogen and oxygen atoms in total. The molecule has 0 aliphatic heterocycles. The lowest BCUT2D eigenvalue weighted by molar-refractivity contribution is -0.128. The standard InChI is InChI=1S/C19H28N2O3/c1-12-8-14-15(9-19(2,3)10-16(14)24-12)21-17(22)11-20-18(23)13-6-4-5-7-13/h8,13,15H,4-7,9-11H2,1-3H3,(H,20,23)(H,21,22)/t15-/m0/s1. The van der Waals surface area contributed by atoms with Crippen LogP contribution in [0.25, 0.3) is 0 Å². The van der Waals surface area contributed by atoms with Crippen LogP contribution in [-0.2, 0) is 16.0 Å². The van der Waals surface area contributed by atoms with Gasteiger partial charge in [0, 0.05) is 17.9 Å². The fourth-order valence-electron chi connectivity index (χ4n) is 4.06. The SMILES string of the molecule is Cc1cc2c(o1)CC(C)(C)C[C@@H]2NC(=O)CNC(=O)C1CCCC1. The Labute approximate surface area is 143 Å². The van der Waals surface area contributed by atoms with Gasteiger partial charge in [0.2, 0.25) is 11.8 Å². The molecule has 24 heavy (non-hydrogen) atoms. The zero-order valence-corrected chi connectivity index (χ0v) is 14.9. The van der Waals surface area contributed by atoms with Crippen molar-refractivity contribution in [2.24, 2.45) is 11.3 Å². The third-order valence-electron chi connectivity index (χ3n) is 5.22. The summed E-state index contributed by atoms with van der Waals surface area (Å²) in [5.74, 6) is 1.84. The molecule has 0 unspecified atom stereocenters. The molecule has 0 aromatic carbocycles. The van der Waals surface area contributed by atoms with Crippen molar-refractivity contribution >= 4 is 11.8 Å². The molecule has 1 saturated carbocycles. The van der Waals surface area contributed by atoms with E-state index in [2.05, 4.69) is 24.5 Å². The minimum Gasteiger partial charge on any atom is -0.466 e. The van der Waals surface area contributed by atoms with Gasteiger partial charge in [0.1, 0.15) is 11.5 Å². The molecule has 5 heteroatoms. The molecule has 3 rings (SSSR count). The van der Waals surface area contributed by atoms with Crippen molar-refractivity contribution in [3.05, 3.63) is 23.2 Å². The summed E-state index contributed by atoms with van der Waals surface area (Å²) in [6.07, 6.45) is 5.89. The van der Waals surface area contributed by atoms with Gasteiger partial charge in [-0.25, -0.2) is 0 Å². The number of hydrogen-bond acceptors (Lipinski definition) is 3. The third kappa shape index (κ3) is 3.82. The maximum absolute atomic E-state index is 12.3. The van der Waals surface area contributed by atoms with Crippen LogP contribution in [0.4, 0.5) is 0 Å². The molecule has 0 bridgehead atoms. The summed E-state index contributed by atoms with van der Waals surface area (Å²) in [5.41, 5.74) is 1.17. The number of fused-ring (bicyclic) bond motifs is 1. The second-order valence-electron chi connectivity index (χ2n) is 8.10. The summed E-state index contributed by atoms with van der Waals surface area (Å²) >= 11 is 0. The van der Waals surface area contributed by atoms with Crippen LogP contribution in [-0.4, -0.2) is 18.4 Å². The number of carbonyl (C=O) groups excluding carboxylic acids is 2. The highest BCUT2D eigenvalue weighted by atomic mass is 16.3. The third-order valence-corrected chi connectivity index (χ3v) is 5.22. The second kappa shape index (κ2) is 6.61. The number of nitrogens with one attached hydrogen (secondary N) is 2. The van der Waals surface area contributed by atoms with Crippen LogP contribution in [0.2, 0.25) is 0 Å². The predicted molar refractivity (Wildman–Crippen MR) is 91.4 cm³/mol. The molecule has 0 radical (unpaired) electrons. The van der Waals surface area contributed by atoms with Gasteiger partial charge >= 0.3 is 0 Å².